The zero-order valence-corrected chi connectivity index (χ0v) is 9.15. The average Bonchev–Trinajstić information content (AvgIpc) is 2.82. The lowest BCUT2D eigenvalue weighted by molar-refractivity contribution is 0.355. The highest BCUT2D eigenvalue weighted by molar-refractivity contribution is 5.75. The number of aromatic nitrogens is 2. The van der Waals surface area contributed by atoms with Crippen LogP contribution in [0, 0.1) is 0 Å². The SMILES string of the molecule is COc1cc(N)c(-c2ncc[nH]2)cc1OC. The summed E-state index contributed by atoms with van der Waals surface area (Å²) < 4.78 is 10.4. The van der Waals surface area contributed by atoms with E-state index in [4.69, 9.17) is 15.2 Å². The van der Waals surface area contributed by atoms with Crippen molar-refractivity contribution in [2.45, 2.75) is 0 Å². The minimum atomic E-state index is 0.590. The summed E-state index contributed by atoms with van der Waals surface area (Å²) in [6.07, 6.45) is 3.41. The van der Waals surface area contributed by atoms with Crippen LogP contribution < -0.4 is 15.2 Å². The first-order valence-corrected chi connectivity index (χ1v) is 4.77. The predicted octanol–water partition coefficient (Wildman–Crippen LogP) is 1.68. The Kier molecular flexibility index (Phi) is 2.68. The zero-order valence-electron chi connectivity index (χ0n) is 9.15. The van der Waals surface area contributed by atoms with Crippen molar-refractivity contribution < 1.29 is 9.47 Å². The van der Waals surface area contributed by atoms with Crippen molar-refractivity contribution in [3.63, 3.8) is 0 Å². The number of hydrogen-bond donors (Lipinski definition) is 2. The van der Waals surface area contributed by atoms with Crippen molar-refractivity contribution in [3.8, 4) is 22.9 Å². The summed E-state index contributed by atoms with van der Waals surface area (Å²) in [5.41, 5.74) is 7.30. The molecule has 2 rings (SSSR count). The number of nitrogens with zero attached hydrogens (tertiary/aromatic N) is 1. The third-order valence-electron chi connectivity index (χ3n) is 2.31. The van der Waals surface area contributed by atoms with Gasteiger partial charge in [-0.25, -0.2) is 4.98 Å². The summed E-state index contributed by atoms with van der Waals surface area (Å²) in [5, 5.41) is 0. The van der Waals surface area contributed by atoms with Crippen LogP contribution in [0.3, 0.4) is 0 Å². The molecular formula is C11H13N3O2. The van der Waals surface area contributed by atoms with Gasteiger partial charge in [0, 0.05) is 29.7 Å². The molecule has 0 radical (unpaired) electrons. The molecule has 16 heavy (non-hydrogen) atoms. The van der Waals surface area contributed by atoms with Gasteiger partial charge in [0.2, 0.25) is 0 Å². The Balaban J connectivity index is 2.55. The van der Waals surface area contributed by atoms with Crippen LogP contribution in [0.2, 0.25) is 0 Å². The molecule has 2 aromatic rings. The summed E-state index contributed by atoms with van der Waals surface area (Å²) in [4.78, 5) is 7.14. The van der Waals surface area contributed by atoms with Gasteiger partial charge in [-0.05, 0) is 6.07 Å². The van der Waals surface area contributed by atoms with E-state index in [9.17, 15) is 0 Å². The molecule has 3 N–H and O–H groups in total. The van der Waals surface area contributed by atoms with Gasteiger partial charge in [-0.3, -0.25) is 0 Å². The van der Waals surface area contributed by atoms with E-state index in [1.807, 2.05) is 0 Å². The monoisotopic (exact) mass is 219 g/mol. The van der Waals surface area contributed by atoms with Crippen molar-refractivity contribution in [3.05, 3.63) is 24.5 Å². The molecule has 0 bridgehead atoms. The van der Waals surface area contributed by atoms with Crippen LogP contribution in [0.5, 0.6) is 11.5 Å². The predicted molar refractivity (Wildman–Crippen MR) is 61.5 cm³/mol. The molecular weight excluding hydrogens is 206 g/mol. The van der Waals surface area contributed by atoms with Crippen LogP contribution in [0.4, 0.5) is 5.69 Å². The number of aromatic amines is 1. The highest BCUT2D eigenvalue weighted by atomic mass is 16.5. The minimum Gasteiger partial charge on any atom is -0.493 e. The molecule has 0 unspecified atom stereocenters. The number of methoxy groups -OCH3 is 2. The lowest BCUT2D eigenvalue weighted by Crippen LogP contribution is -1.96. The van der Waals surface area contributed by atoms with E-state index in [0.717, 1.165) is 5.56 Å². The lowest BCUT2D eigenvalue weighted by atomic mass is 10.1. The first-order chi connectivity index (χ1) is 7.76. The number of ether oxygens (including phenoxy) is 2. The molecule has 1 heterocycles. The van der Waals surface area contributed by atoms with Crippen molar-refractivity contribution in [1.82, 2.24) is 9.97 Å². The molecule has 0 atom stereocenters. The maximum absolute atomic E-state index is 5.92. The zero-order chi connectivity index (χ0) is 11.5. The standard InChI is InChI=1S/C11H13N3O2/c1-15-9-5-7(11-13-3-4-14-11)8(12)6-10(9)16-2/h3-6H,12H2,1-2H3,(H,13,14). The van der Waals surface area contributed by atoms with Gasteiger partial charge >= 0.3 is 0 Å². The van der Waals surface area contributed by atoms with Crippen LogP contribution in [0.15, 0.2) is 24.5 Å². The third kappa shape index (κ3) is 1.67. The minimum absolute atomic E-state index is 0.590. The molecule has 0 aliphatic rings. The summed E-state index contributed by atoms with van der Waals surface area (Å²) in [5.74, 6) is 1.94. The van der Waals surface area contributed by atoms with E-state index in [1.54, 1.807) is 38.7 Å². The molecule has 0 amide bonds. The smallest absolute Gasteiger partial charge is 0.162 e. The first-order valence-electron chi connectivity index (χ1n) is 4.77. The molecule has 5 nitrogen and oxygen atoms in total. The molecule has 1 aromatic heterocycles. The van der Waals surface area contributed by atoms with Gasteiger partial charge in [0.25, 0.3) is 0 Å². The summed E-state index contributed by atoms with van der Waals surface area (Å²) in [6.45, 7) is 0. The third-order valence-corrected chi connectivity index (χ3v) is 2.31. The van der Waals surface area contributed by atoms with Crippen LogP contribution in [0.1, 0.15) is 0 Å². The van der Waals surface area contributed by atoms with Crippen LogP contribution >= 0.6 is 0 Å². The summed E-state index contributed by atoms with van der Waals surface area (Å²) in [6, 6.07) is 3.52. The number of rotatable bonds is 3. The number of nitrogens with two attached hydrogens (primary N) is 1. The average molecular weight is 219 g/mol. The van der Waals surface area contributed by atoms with E-state index < -0.39 is 0 Å². The molecule has 0 aliphatic carbocycles. The molecule has 0 aliphatic heterocycles. The van der Waals surface area contributed by atoms with E-state index >= 15 is 0 Å². The first kappa shape index (κ1) is 10.4. The van der Waals surface area contributed by atoms with Crippen molar-refractivity contribution in [2.24, 2.45) is 0 Å². The van der Waals surface area contributed by atoms with Crippen molar-refractivity contribution in [2.75, 3.05) is 20.0 Å². The van der Waals surface area contributed by atoms with Crippen LogP contribution in [0.25, 0.3) is 11.4 Å². The number of nitrogen functional groups attached to an aromatic ring is 1. The number of H-pyrrole nitrogens is 1. The number of nitrogens with one attached hydrogen (secondary N) is 1. The van der Waals surface area contributed by atoms with Gasteiger partial charge in [0.05, 0.1) is 14.2 Å². The van der Waals surface area contributed by atoms with Crippen LogP contribution in [-0.4, -0.2) is 24.2 Å². The van der Waals surface area contributed by atoms with E-state index in [1.165, 1.54) is 0 Å². The Labute approximate surface area is 93.2 Å². The Morgan fingerprint density at radius 2 is 1.88 bits per heavy atom. The van der Waals surface area contributed by atoms with Gasteiger partial charge in [0.1, 0.15) is 5.82 Å². The molecule has 5 heteroatoms. The molecule has 0 fully saturated rings. The highest BCUT2D eigenvalue weighted by Crippen LogP contribution is 2.35. The normalized spacial score (nSPS) is 10.1. The topological polar surface area (TPSA) is 73.2 Å². The second-order valence-corrected chi connectivity index (χ2v) is 3.23. The molecule has 0 saturated carbocycles. The van der Waals surface area contributed by atoms with Gasteiger partial charge in [-0.2, -0.15) is 0 Å². The second kappa shape index (κ2) is 4.14. The number of anilines is 1. The fraction of sp³-hybridized carbons (Fsp3) is 0.182. The maximum atomic E-state index is 5.92. The molecule has 0 saturated heterocycles. The Morgan fingerprint density at radius 1 is 1.19 bits per heavy atom. The van der Waals surface area contributed by atoms with E-state index in [0.29, 0.717) is 23.0 Å². The quantitative estimate of drug-likeness (QED) is 0.770. The molecule has 1 aromatic carbocycles. The maximum Gasteiger partial charge on any atom is 0.162 e. The van der Waals surface area contributed by atoms with Gasteiger partial charge in [-0.1, -0.05) is 0 Å². The van der Waals surface area contributed by atoms with E-state index in [-0.39, 0.29) is 0 Å². The summed E-state index contributed by atoms with van der Waals surface area (Å²) >= 11 is 0. The van der Waals surface area contributed by atoms with Gasteiger partial charge in [-0.15, -0.1) is 0 Å². The van der Waals surface area contributed by atoms with Gasteiger partial charge < -0.3 is 20.2 Å². The van der Waals surface area contributed by atoms with Gasteiger partial charge in [0.15, 0.2) is 11.5 Å². The largest absolute Gasteiger partial charge is 0.493 e. The number of benzene rings is 1. The fourth-order valence-corrected chi connectivity index (χ4v) is 1.51. The van der Waals surface area contributed by atoms with Crippen molar-refractivity contribution in [1.29, 1.82) is 0 Å². The number of imidazole rings is 1. The second-order valence-electron chi connectivity index (χ2n) is 3.23. The summed E-state index contributed by atoms with van der Waals surface area (Å²) in [7, 11) is 3.16. The Morgan fingerprint density at radius 3 is 2.44 bits per heavy atom. The lowest BCUT2D eigenvalue weighted by Gasteiger charge is -2.11. The Bertz CT molecular complexity index is 480. The van der Waals surface area contributed by atoms with Crippen LogP contribution in [-0.2, 0) is 0 Å². The fourth-order valence-electron chi connectivity index (χ4n) is 1.51. The van der Waals surface area contributed by atoms with Crippen molar-refractivity contribution >= 4 is 5.69 Å². The molecule has 0 spiro atoms. The Hall–Kier alpha value is -2.17. The highest BCUT2D eigenvalue weighted by Gasteiger charge is 2.11. The molecule has 84 valence electrons. The number of hydrogen-bond acceptors (Lipinski definition) is 4. The van der Waals surface area contributed by atoms with E-state index in [2.05, 4.69) is 9.97 Å².